The Hall–Kier alpha value is -1.80. The van der Waals surface area contributed by atoms with Gasteiger partial charge in [-0.25, -0.2) is 4.98 Å². The maximum Gasteiger partial charge on any atom is 0.318 e. The highest BCUT2D eigenvalue weighted by Gasteiger charge is 2.21. The fourth-order valence-electron chi connectivity index (χ4n) is 1.03. The number of hydrogen-bond acceptors (Lipinski definition) is 6. The number of carbonyl (C=O) groups is 3. The molecule has 0 aliphatic heterocycles. The van der Waals surface area contributed by atoms with Crippen LogP contribution in [-0.4, -0.2) is 41.2 Å². The summed E-state index contributed by atoms with van der Waals surface area (Å²) in [6.45, 7) is 0.468. The Bertz CT molecular complexity index is 393. The van der Waals surface area contributed by atoms with Crippen molar-refractivity contribution in [1.29, 1.82) is 0 Å². The first-order chi connectivity index (χ1) is 8.19. The zero-order chi connectivity index (χ0) is 12.7. The normalized spacial score (nSPS) is 9.71. The summed E-state index contributed by atoms with van der Waals surface area (Å²) in [6, 6.07) is 0. The molecule has 0 bridgehead atoms. The summed E-state index contributed by atoms with van der Waals surface area (Å²) >= 11 is 1.18. The van der Waals surface area contributed by atoms with Gasteiger partial charge in [0.25, 0.3) is 0 Å². The molecule has 0 aliphatic carbocycles. The van der Waals surface area contributed by atoms with Gasteiger partial charge in [-0.1, -0.05) is 0 Å². The minimum atomic E-state index is -0.913. The van der Waals surface area contributed by atoms with Gasteiger partial charge in [0, 0.05) is 18.1 Å². The molecule has 0 fully saturated rings. The molecule has 1 aromatic heterocycles. The lowest BCUT2D eigenvalue weighted by Gasteiger charge is -2.13. The Kier molecular flexibility index (Phi) is 5.24. The number of imide groups is 1. The molecular formula is C9H12N4O3S. The number of rotatable bonds is 5. The van der Waals surface area contributed by atoms with Crippen molar-refractivity contribution < 1.29 is 14.4 Å². The van der Waals surface area contributed by atoms with Gasteiger partial charge >= 0.3 is 11.8 Å². The second-order valence-electron chi connectivity index (χ2n) is 3.04. The molecule has 0 spiro atoms. The summed E-state index contributed by atoms with van der Waals surface area (Å²) in [6.07, 6.45) is 2.27. The number of thiazole rings is 1. The van der Waals surface area contributed by atoms with E-state index in [9.17, 15) is 14.4 Å². The Balaban J connectivity index is 2.55. The predicted octanol–water partition coefficient (Wildman–Crippen LogP) is -0.585. The van der Waals surface area contributed by atoms with Crippen LogP contribution in [0.15, 0.2) is 11.6 Å². The van der Waals surface area contributed by atoms with E-state index in [0.29, 0.717) is 24.5 Å². The summed E-state index contributed by atoms with van der Waals surface area (Å²) in [4.78, 5) is 38.2. The number of anilines is 1. The molecule has 1 aromatic rings. The number of aromatic nitrogens is 1. The molecule has 0 aromatic carbocycles. The summed E-state index contributed by atoms with van der Waals surface area (Å²) in [5.41, 5.74) is 5.25. The zero-order valence-electron chi connectivity index (χ0n) is 8.96. The van der Waals surface area contributed by atoms with E-state index in [-0.39, 0.29) is 6.54 Å². The van der Waals surface area contributed by atoms with Gasteiger partial charge in [-0.2, -0.15) is 0 Å². The van der Waals surface area contributed by atoms with Crippen LogP contribution in [0, 0.1) is 0 Å². The van der Waals surface area contributed by atoms with E-state index in [4.69, 9.17) is 5.73 Å². The second-order valence-corrected chi connectivity index (χ2v) is 3.93. The number of nitrogens with zero attached hydrogens (tertiary/aromatic N) is 2. The molecule has 1 rings (SSSR count). The van der Waals surface area contributed by atoms with Crippen molar-refractivity contribution in [3.05, 3.63) is 11.6 Å². The van der Waals surface area contributed by atoms with E-state index in [0.717, 1.165) is 4.90 Å². The molecule has 0 radical (unpaired) electrons. The smallest absolute Gasteiger partial charge is 0.318 e. The lowest BCUT2D eigenvalue weighted by molar-refractivity contribution is -0.146. The highest BCUT2D eigenvalue weighted by atomic mass is 32.1. The Morgan fingerprint density at radius 2 is 2.35 bits per heavy atom. The quantitative estimate of drug-likeness (QED) is 0.541. The summed E-state index contributed by atoms with van der Waals surface area (Å²) < 4.78 is 0. The molecule has 7 nitrogen and oxygen atoms in total. The van der Waals surface area contributed by atoms with Crippen molar-refractivity contribution in [3.63, 3.8) is 0 Å². The van der Waals surface area contributed by atoms with Crippen LogP contribution in [0.4, 0.5) is 5.13 Å². The second kappa shape index (κ2) is 6.71. The number of carbonyl (C=O) groups excluding carboxylic acids is 3. The van der Waals surface area contributed by atoms with Gasteiger partial charge in [-0.15, -0.1) is 11.3 Å². The van der Waals surface area contributed by atoms with Crippen LogP contribution in [0.3, 0.4) is 0 Å². The van der Waals surface area contributed by atoms with E-state index < -0.39 is 11.8 Å². The van der Waals surface area contributed by atoms with Gasteiger partial charge in [-0.3, -0.25) is 24.6 Å². The Morgan fingerprint density at radius 3 is 2.88 bits per heavy atom. The van der Waals surface area contributed by atoms with Gasteiger partial charge in [-0.05, 0) is 13.0 Å². The average molecular weight is 256 g/mol. The highest BCUT2D eigenvalue weighted by molar-refractivity contribution is 7.13. The van der Waals surface area contributed by atoms with Crippen molar-refractivity contribution in [2.45, 2.75) is 6.42 Å². The van der Waals surface area contributed by atoms with Crippen LogP contribution < -0.4 is 11.1 Å². The maximum atomic E-state index is 11.5. The lowest BCUT2D eigenvalue weighted by Crippen LogP contribution is -2.39. The fourth-order valence-corrected chi connectivity index (χ4v) is 1.55. The topological polar surface area (TPSA) is 105 Å². The van der Waals surface area contributed by atoms with E-state index in [1.165, 1.54) is 17.5 Å². The molecule has 8 heteroatoms. The summed E-state index contributed by atoms with van der Waals surface area (Å²) in [5, 5.41) is 4.27. The molecule has 0 atom stereocenters. The van der Waals surface area contributed by atoms with Crippen molar-refractivity contribution >= 4 is 34.7 Å². The molecular weight excluding hydrogens is 244 g/mol. The predicted molar refractivity (Wildman–Crippen MR) is 62.2 cm³/mol. The van der Waals surface area contributed by atoms with E-state index in [2.05, 4.69) is 10.3 Å². The van der Waals surface area contributed by atoms with Crippen molar-refractivity contribution in [2.24, 2.45) is 5.73 Å². The third-order valence-electron chi connectivity index (χ3n) is 1.84. The van der Waals surface area contributed by atoms with Gasteiger partial charge in [0.2, 0.25) is 6.41 Å². The summed E-state index contributed by atoms with van der Waals surface area (Å²) in [7, 11) is 0. The van der Waals surface area contributed by atoms with Crippen LogP contribution in [0.2, 0.25) is 0 Å². The molecule has 0 aliphatic rings. The number of hydrogen-bond donors (Lipinski definition) is 2. The largest absolute Gasteiger partial charge is 0.330 e. The van der Waals surface area contributed by atoms with Crippen LogP contribution in [0.1, 0.15) is 6.42 Å². The van der Waals surface area contributed by atoms with Crippen LogP contribution in [-0.2, 0) is 14.4 Å². The van der Waals surface area contributed by atoms with Crippen LogP contribution >= 0.6 is 11.3 Å². The number of amides is 3. The Morgan fingerprint density at radius 1 is 1.59 bits per heavy atom. The van der Waals surface area contributed by atoms with E-state index in [1.807, 2.05) is 0 Å². The third kappa shape index (κ3) is 3.93. The third-order valence-corrected chi connectivity index (χ3v) is 2.53. The minimum Gasteiger partial charge on any atom is -0.330 e. The molecule has 0 saturated heterocycles. The first kappa shape index (κ1) is 13.3. The minimum absolute atomic E-state index is 0.129. The van der Waals surface area contributed by atoms with Gasteiger partial charge < -0.3 is 5.73 Å². The first-order valence-corrected chi connectivity index (χ1v) is 5.73. The van der Waals surface area contributed by atoms with Crippen molar-refractivity contribution in [3.8, 4) is 0 Å². The molecule has 3 amide bonds. The monoisotopic (exact) mass is 256 g/mol. The molecule has 0 saturated carbocycles. The Labute approximate surface area is 102 Å². The standard InChI is InChI=1S/C9H12N4O3S/c10-2-1-4-13(6-14)8(16)7(15)12-9-11-3-5-17-9/h3,5-6H,1-2,4,10H2,(H,11,12,15). The molecule has 92 valence electrons. The fraction of sp³-hybridized carbons (Fsp3) is 0.333. The molecule has 3 N–H and O–H groups in total. The number of nitrogens with one attached hydrogen (secondary N) is 1. The van der Waals surface area contributed by atoms with Gasteiger partial charge in [0.05, 0.1) is 0 Å². The van der Waals surface area contributed by atoms with Crippen molar-refractivity contribution in [2.75, 3.05) is 18.4 Å². The SMILES string of the molecule is NCCCN(C=O)C(=O)C(=O)Nc1nccs1. The first-order valence-electron chi connectivity index (χ1n) is 4.86. The van der Waals surface area contributed by atoms with E-state index in [1.54, 1.807) is 5.38 Å². The number of nitrogens with two attached hydrogens (primary N) is 1. The van der Waals surface area contributed by atoms with Crippen molar-refractivity contribution in [1.82, 2.24) is 9.88 Å². The molecule has 1 heterocycles. The lowest BCUT2D eigenvalue weighted by atomic mass is 10.4. The molecule has 17 heavy (non-hydrogen) atoms. The highest BCUT2D eigenvalue weighted by Crippen LogP contribution is 2.10. The van der Waals surface area contributed by atoms with Crippen LogP contribution in [0.25, 0.3) is 0 Å². The van der Waals surface area contributed by atoms with Gasteiger partial charge in [0.15, 0.2) is 5.13 Å². The van der Waals surface area contributed by atoms with E-state index >= 15 is 0 Å². The van der Waals surface area contributed by atoms with Gasteiger partial charge in [0.1, 0.15) is 0 Å². The zero-order valence-corrected chi connectivity index (χ0v) is 9.77. The van der Waals surface area contributed by atoms with Crippen LogP contribution in [0.5, 0.6) is 0 Å². The molecule has 0 unspecified atom stereocenters. The average Bonchev–Trinajstić information content (AvgIpc) is 2.82. The maximum absolute atomic E-state index is 11.5. The summed E-state index contributed by atoms with van der Waals surface area (Å²) in [5.74, 6) is -1.80.